The average Bonchev–Trinajstić information content (AvgIpc) is 2.70. The Balaban J connectivity index is 0.000000487. The van der Waals surface area contributed by atoms with Gasteiger partial charge in [0.1, 0.15) is 0 Å². The fourth-order valence-electron chi connectivity index (χ4n) is 2.60. The third kappa shape index (κ3) is 8.88. The highest BCUT2D eigenvalue weighted by atomic mass is 14.5. The standard InChI is InChI=1S/C19H21N.C6H14/c1-2-3-6-16-9-11-17(12-10-16)13-14-18-7-4-5-8-19(18)15-20;1-3-5-6-4-2/h4-5,7-12H,2-3,6,15,20H2,1H3;3-6H2,1-2H3. The zero-order chi connectivity index (χ0) is 19.0. The molecule has 2 aromatic carbocycles. The summed E-state index contributed by atoms with van der Waals surface area (Å²) in [5, 5.41) is 0. The van der Waals surface area contributed by atoms with Crippen LogP contribution in [0.25, 0.3) is 0 Å². The van der Waals surface area contributed by atoms with Crippen LogP contribution in [-0.2, 0) is 13.0 Å². The van der Waals surface area contributed by atoms with Crippen LogP contribution in [0, 0.1) is 11.8 Å². The lowest BCUT2D eigenvalue weighted by Gasteiger charge is -2.00. The molecule has 2 aromatic rings. The molecule has 0 aliphatic carbocycles. The Labute approximate surface area is 161 Å². The first-order valence-electron chi connectivity index (χ1n) is 10.1. The third-order valence-electron chi connectivity index (χ3n) is 4.31. The summed E-state index contributed by atoms with van der Waals surface area (Å²) >= 11 is 0. The second-order valence-corrected chi connectivity index (χ2v) is 6.62. The molecule has 1 nitrogen and oxygen atoms in total. The molecule has 0 atom stereocenters. The van der Waals surface area contributed by atoms with Gasteiger partial charge in [0.2, 0.25) is 0 Å². The normalized spacial score (nSPS) is 9.69. The molecule has 0 fully saturated rings. The van der Waals surface area contributed by atoms with Crippen LogP contribution in [0.3, 0.4) is 0 Å². The van der Waals surface area contributed by atoms with E-state index in [2.05, 4.69) is 56.9 Å². The highest BCUT2D eigenvalue weighted by molar-refractivity contribution is 5.46. The summed E-state index contributed by atoms with van der Waals surface area (Å²) in [6.07, 6.45) is 9.17. The molecule has 0 saturated carbocycles. The Morgan fingerprint density at radius 2 is 1.35 bits per heavy atom. The van der Waals surface area contributed by atoms with Crippen molar-refractivity contribution in [3.05, 3.63) is 70.8 Å². The van der Waals surface area contributed by atoms with E-state index in [-0.39, 0.29) is 0 Å². The number of rotatable bonds is 7. The van der Waals surface area contributed by atoms with Crippen molar-refractivity contribution in [1.29, 1.82) is 0 Å². The number of nitrogens with two attached hydrogens (primary N) is 1. The molecule has 2 rings (SSSR count). The Morgan fingerprint density at radius 3 is 1.92 bits per heavy atom. The van der Waals surface area contributed by atoms with E-state index in [1.165, 1.54) is 44.1 Å². The van der Waals surface area contributed by atoms with Crippen LogP contribution < -0.4 is 5.73 Å². The van der Waals surface area contributed by atoms with Crippen LogP contribution in [0.15, 0.2) is 48.5 Å². The van der Waals surface area contributed by atoms with E-state index >= 15 is 0 Å². The SMILES string of the molecule is CCCCCC.CCCCc1ccc(C#Cc2ccccc2CN)cc1. The Hall–Kier alpha value is -2.04. The van der Waals surface area contributed by atoms with Gasteiger partial charge in [-0.1, -0.05) is 95.0 Å². The van der Waals surface area contributed by atoms with Gasteiger partial charge in [-0.3, -0.25) is 0 Å². The Morgan fingerprint density at radius 1 is 0.731 bits per heavy atom. The lowest BCUT2D eigenvalue weighted by molar-refractivity contribution is 0.702. The first-order chi connectivity index (χ1) is 12.7. The first kappa shape index (κ1) is 22.0. The van der Waals surface area contributed by atoms with E-state index in [1.54, 1.807) is 0 Å². The molecule has 1 heteroatoms. The lowest BCUT2D eigenvalue weighted by Crippen LogP contribution is -1.98. The molecule has 0 amide bonds. The van der Waals surface area contributed by atoms with E-state index in [1.807, 2.05) is 24.3 Å². The van der Waals surface area contributed by atoms with Gasteiger partial charge < -0.3 is 5.73 Å². The fraction of sp³-hybridized carbons (Fsp3) is 0.440. The second-order valence-electron chi connectivity index (χ2n) is 6.62. The highest BCUT2D eigenvalue weighted by Gasteiger charge is 1.96. The summed E-state index contributed by atoms with van der Waals surface area (Å²) in [6.45, 7) is 7.21. The quantitative estimate of drug-likeness (QED) is 0.449. The van der Waals surface area contributed by atoms with Gasteiger partial charge >= 0.3 is 0 Å². The second kappa shape index (κ2) is 14.2. The van der Waals surface area contributed by atoms with Gasteiger partial charge in [-0.05, 0) is 42.2 Å². The van der Waals surface area contributed by atoms with Gasteiger partial charge in [0.05, 0.1) is 0 Å². The molecule has 140 valence electrons. The summed E-state index contributed by atoms with van der Waals surface area (Å²) in [5.74, 6) is 6.43. The van der Waals surface area contributed by atoms with Crippen LogP contribution in [0.1, 0.15) is 81.5 Å². The van der Waals surface area contributed by atoms with Crippen molar-refractivity contribution >= 4 is 0 Å². The van der Waals surface area contributed by atoms with Crippen LogP contribution in [0.5, 0.6) is 0 Å². The summed E-state index contributed by atoms with van der Waals surface area (Å²) in [7, 11) is 0. The van der Waals surface area contributed by atoms with Crippen LogP contribution in [-0.4, -0.2) is 0 Å². The number of unbranched alkanes of at least 4 members (excludes halogenated alkanes) is 4. The molecule has 0 heterocycles. The summed E-state index contributed by atoms with van der Waals surface area (Å²) in [5.41, 5.74) is 10.3. The van der Waals surface area contributed by atoms with Gasteiger partial charge in [0, 0.05) is 17.7 Å². The Bertz CT molecular complexity index is 655. The molecule has 0 spiro atoms. The Kier molecular flexibility index (Phi) is 12.0. The maximum Gasteiger partial charge on any atom is 0.0293 e. The molecule has 0 radical (unpaired) electrons. The minimum atomic E-state index is 0.529. The number of hydrogen-bond donors (Lipinski definition) is 1. The minimum Gasteiger partial charge on any atom is -0.326 e. The number of hydrogen-bond acceptors (Lipinski definition) is 1. The predicted octanol–water partition coefficient (Wildman–Crippen LogP) is 6.47. The van der Waals surface area contributed by atoms with Gasteiger partial charge in [0.25, 0.3) is 0 Å². The smallest absolute Gasteiger partial charge is 0.0293 e. The number of benzene rings is 2. The molecule has 26 heavy (non-hydrogen) atoms. The minimum absolute atomic E-state index is 0.529. The molecule has 0 aliphatic heterocycles. The van der Waals surface area contributed by atoms with E-state index in [0.717, 1.165) is 23.1 Å². The zero-order valence-corrected chi connectivity index (χ0v) is 16.9. The van der Waals surface area contributed by atoms with E-state index < -0.39 is 0 Å². The summed E-state index contributed by atoms with van der Waals surface area (Å²) in [4.78, 5) is 0. The van der Waals surface area contributed by atoms with Gasteiger partial charge in [-0.15, -0.1) is 0 Å². The maximum absolute atomic E-state index is 5.72. The van der Waals surface area contributed by atoms with Crippen LogP contribution >= 0.6 is 0 Å². The highest BCUT2D eigenvalue weighted by Crippen LogP contribution is 2.09. The van der Waals surface area contributed by atoms with Crippen LogP contribution in [0.4, 0.5) is 0 Å². The topological polar surface area (TPSA) is 26.0 Å². The van der Waals surface area contributed by atoms with Gasteiger partial charge in [-0.25, -0.2) is 0 Å². The van der Waals surface area contributed by atoms with Crippen molar-refractivity contribution in [3.8, 4) is 11.8 Å². The molecule has 2 N–H and O–H groups in total. The summed E-state index contributed by atoms with van der Waals surface area (Å²) < 4.78 is 0. The van der Waals surface area contributed by atoms with Crippen molar-refractivity contribution in [2.45, 2.75) is 72.3 Å². The molecular weight excluding hydrogens is 314 g/mol. The molecule has 0 bridgehead atoms. The largest absolute Gasteiger partial charge is 0.326 e. The van der Waals surface area contributed by atoms with Crippen molar-refractivity contribution in [2.24, 2.45) is 5.73 Å². The lowest BCUT2D eigenvalue weighted by atomic mass is 10.1. The molecule has 0 aromatic heterocycles. The monoisotopic (exact) mass is 349 g/mol. The van der Waals surface area contributed by atoms with E-state index in [4.69, 9.17) is 5.73 Å². The maximum atomic E-state index is 5.72. The molecule has 0 aliphatic rings. The predicted molar refractivity (Wildman–Crippen MR) is 115 cm³/mol. The molecule has 0 unspecified atom stereocenters. The van der Waals surface area contributed by atoms with Crippen LogP contribution in [0.2, 0.25) is 0 Å². The van der Waals surface area contributed by atoms with Crippen molar-refractivity contribution in [2.75, 3.05) is 0 Å². The van der Waals surface area contributed by atoms with Gasteiger partial charge in [-0.2, -0.15) is 0 Å². The third-order valence-corrected chi connectivity index (χ3v) is 4.31. The van der Waals surface area contributed by atoms with E-state index in [9.17, 15) is 0 Å². The molecule has 0 saturated heterocycles. The molecular formula is C25H35N. The number of aryl methyl sites for hydroxylation is 1. The van der Waals surface area contributed by atoms with Crippen molar-refractivity contribution in [1.82, 2.24) is 0 Å². The summed E-state index contributed by atoms with van der Waals surface area (Å²) in [6, 6.07) is 16.6. The van der Waals surface area contributed by atoms with Gasteiger partial charge in [0.15, 0.2) is 0 Å². The first-order valence-corrected chi connectivity index (χ1v) is 10.1. The zero-order valence-electron chi connectivity index (χ0n) is 16.9. The van der Waals surface area contributed by atoms with Crippen molar-refractivity contribution in [3.63, 3.8) is 0 Å². The average molecular weight is 350 g/mol. The fourth-order valence-corrected chi connectivity index (χ4v) is 2.60. The van der Waals surface area contributed by atoms with E-state index in [0.29, 0.717) is 6.54 Å². The van der Waals surface area contributed by atoms with Crippen molar-refractivity contribution < 1.29 is 0 Å².